The van der Waals surface area contributed by atoms with E-state index in [0.717, 1.165) is 10.2 Å². The van der Waals surface area contributed by atoms with E-state index in [1.165, 1.54) is 0 Å². The molecule has 7 heteroatoms. The van der Waals surface area contributed by atoms with Crippen molar-refractivity contribution in [3.8, 4) is 0 Å². The van der Waals surface area contributed by atoms with E-state index in [2.05, 4.69) is 15.9 Å². The molecular formula is C18H22BrN3O3. The molecular weight excluding hydrogens is 386 g/mol. The van der Waals surface area contributed by atoms with Crippen LogP contribution in [0.1, 0.15) is 19.8 Å². The number of halogens is 1. The van der Waals surface area contributed by atoms with Gasteiger partial charge in [0.15, 0.2) is 0 Å². The summed E-state index contributed by atoms with van der Waals surface area (Å²) in [5, 5.41) is 0. The number of carbonyl (C=O) groups is 3. The Balaban J connectivity index is 1.64. The Labute approximate surface area is 155 Å². The predicted octanol–water partition coefficient (Wildman–Crippen LogP) is 1.88. The largest absolute Gasteiger partial charge is 0.339 e. The van der Waals surface area contributed by atoms with Crippen LogP contribution in [0.5, 0.6) is 0 Å². The lowest BCUT2D eigenvalue weighted by molar-refractivity contribution is -0.144. The van der Waals surface area contributed by atoms with Crippen molar-refractivity contribution in [2.24, 2.45) is 5.92 Å². The van der Waals surface area contributed by atoms with Crippen LogP contribution in [-0.2, 0) is 14.4 Å². The van der Waals surface area contributed by atoms with E-state index in [1.807, 2.05) is 31.2 Å². The Kier molecular flexibility index (Phi) is 5.42. The Morgan fingerprint density at radius 2 is 1.72 bits per heavy atom. The molecule has 25 heavy (non-hydrogen) atoms. The maximum absolute atomic E-state index is 12.8. The molecule has 1 atom stereocenters. The van der Waals surface area contributed by atoms with Crippen LogP contribution in [0.15, 0.2) is 28.7 Å². The van der Waals surface area contributed by atoms with Crippen LogP contribution in [0.2, 0.25) is 0 Å². The van der Waals surface area contributed by atoms with Crippen LogP contribution in [0.3, 0.4) is 0 Å². The second kappa shape index (κ2) is 7.56. The highest BCUT2D eigenvalue weighted by molar-refractivity contribution is 9.10. The Bertz CT molecular complexity index is 686. The number of nitrogens with zero attached hydrogens (tertiary/aromatic N) is 3. The molecule has 2 heterocycles. The first-order valence-corrected chi connectivity index (χ1v) is 9.44. The van der Waals surface area contributed by atoms with Crippen LogP contribution < -0.4 is 4.90 Å². The number of anilines is 1. The van der Waals surface area contributed by atoms with Crippen molar-refractivity contribution >= 4 is 39.3 Å². The summed E-state index contributed by atoms with van der Waals surface area (Å²) in [6, 6.07) is 7.55. The van der Waals surface area contributed by atoms with Crippen molar-refractivity contribution in [3.05, 3.63) is 28.7 Å². The number of amides is 3. The van der Waals surface area contributed by atoms with Gasteiger partial charge in [-0.1, -0.05) is 19.1 Å². The van der Waals surface area contributed by atoms with Gasteiger partial charge < -0.3 is 14.7 Å². The van der Waals surface area contributed by atoms with Gasteiger partial charge in [0.1, 0.15) is 5.92 Å². The highest BCUT2D eigenvalue weighted by Gasteiger charge is 2.40. The molecule has 3 amide bonds. The normalized spacial score (nSPS) is 21.0. The topological polar surface area (TPSA) is 60.9 Å². The van der Waals surface area contributed by atoms with Crippen LogP contribution in [0.25, 0.3) is 0 Å². The fraction of sp³-hybridized carbons (Fsp3) is 0.500. The van der Waals surface area contributed by atoms with Crippen molar-refractivity contribution in [2.75, 3.05) is 37.6 Å². The van der Waals surface area contributed by atoms with Crippen LogP contribution in [0.4, 0.5) is 5.69 Å². The molecule has 1 unspecified atom stereocenters. The standard InChI is InChI=1S/C18H22BrN3O3/c1-2-16(23)20-9-11-21(12-10-20)17(24)13-7-8-22(18(13)25)15-6-4-3-5-14(15)19/h3-6,13H,2,7-12H2,1H3. The number of hydrogen-bond donors (Lipinski definition) is 0. The molecule has 2 aliphatic rings. The zero-order valence-corrected chi connectivity index (χ0v) is 15.9. The molecule has 0 N–H and O–H groups in total. The minimum Gasteiger partial charge on any atom is -0.339 e. The number of rotatable bonds is 3. The number of carbonyl (C=O) groups excluding carboxylic acids is 3. The van der Waals surface area contributed by atoms with Gasteiger partial charge in [0.25, 0.3) is 0 Å². The van der Waals surface area contributed by atoms with E-state index >= 15 is 0 Å². The van der Waals surface area contributed by atoms with E-state index < -0.39 is 5.92 Å². The summed E-state index contributed by atoms with van der Waals surface area (Å²) < 4.78 is 0.850. The van der Waals surface area contributed by atoms with Crippen molar-refractivity contribution in [2.45, 2.75) is 19.8 Å². The third-order valence-electron chi connectivity index (χ3n) is 4.89. The molecule has 1 aromatic carbocycles. The number of piperazine rings is 1. The van der Waals surface area contributed by atoms with E-state index in [1.54, 1.807) is 14.7 Å². The van der Waals surface area contributed by atoms with Crippen molar-refractivity contribution < 1.29 is 14.4 Å². The third kappa shape index (κ3) is 3.56. The van der Waals surface area contributed by atoms with Crippen molar-refractivity contribution in [1.82, 2.24) is 9.80 Å². The average molecular weight is 408 g/mol. The molecule has 134 valence electrons. The van der Waals surface area contributed by atoms with Gasteiger partial charge in [-0.05, 0) is 34.5 Å². The van der Waals surface area contributed by atoms with Crippen LogP contribution in [0, 0.1) is 5.92 Å². The molecule has 0 spiro atoms. The van der Waals surface area contributed by atoms with E-state index in [0.29, 0.717) is 45.6 Å². The first kappa shape index (κ1) is 17.9. The molecule has 2 aliphatic heterocycles. The van der Waals surface area contributed by atoms with Crippen molar-refractivity contribution in [1.29, 1.82) is 0 Å². The highest BCUT2D eigenvalue weighted by Crippen LogP contribution is 2.32. The molecule has 3 rings (SSSR count). The molecule has 1 aromatic rings. The lowest BCUT2D eigenvalue weighted by Gasteiger charge is -2.35. The molecule has 0 saturated carbocycles. The molecule has 0 radical (unpaired) electrons. The van der Waals surface area contributed by atoms with Crippen LogP contribution >= 0.6 is 15.9 Å². The summed E-state index contributed by atoms with van der Waals surface area (Å²) in [7, 11) is 0. The van der Waals surface area contributed by atoms with Gasteiger partial charge in [0.2, 0.25) is 17.7 Å². The smallest absolute Gasteiger partial charge is 0.239 e. The molecule has 6 nitrogen and oxygen atoms in total. The Morgan fingerprint density at radius 1 is 1.08 bits per heavy atom. The maximum atomic E-state index is 12.8. The fourth-order valence-corrected chi connectivity index (χ4v) is 3.94. The quantitative estimate of drug-likeness (QED) is 0.718. The fourth-order valence-electron chi connectivity index (χ4n) is 3.44. The summed E-state index contributed by atoms with van der Waals surface area (Å²) in [5.41, 5.74) is 0.807. The van der Waals surface area contributed by atoms with Gasteiger partial charge in [-0.25, -0.2) is 0 Å². The van der Waals surface area contributed by atoms with Gasteiger partial charge >= 0.3 is 0 Å². The molecule has 0 aliphatic carbocycles. The molecule has 0 aromatic heterocycles. The number of hydrogen-bond acceptors (Lipinski definition) is 3. The average Bonchev–Trinajstić information content (AvgIpc) is 3.02. The number of para-hydroxylation sites is 1. The maximum Gasteiger partial charge on any atom is 0.239 e. The summed E-state index contributed by atoms with van der Waals surface area (Å²) in [4.78, 5) is 42.5. The minimum atomic E-state index is -0.611. The van der Waals surface area contributed by atoms with E-state index in [4.69, 9.17) is 0 Å². The van der Waals surface area contributed by atoms with Gasteiger partial charge in [0.05, 0.1) is 5.69 Å². The highest BCUT2D eigenvalue weighted by atomic mass is 79.9. The molecule has 0 bridgehead atoms. The van der Waals surface area contributed by atoms with Crippen LogP contribution in [-0.4, -0.2) is 60.2 Å². The minimum absolute atomic E-state index is 0.108. The number of benzene rings is 1. The zero-order valence-electron chi connectivity index (χ0n) is 14.3. The third-order valence-corrected chi connectivity index (χ3v) is 5.56. The van der Waals surface area contributed by atoms with Crippen molar-refractivity contribution in [3.63, 3.8) is 0 Å². The summed E-state index contributed by atoms with van der Waals surface area (Å²) in [5.74, 6) is -0.739. The van der Waals surface area contributed by atoms with Gasteiger partial charge in [-0.3, -0.25) is 14.4 Å². The first-order chi connectivity index (χ1) is 12.0. The second-order valence-corrected chi connectivity index (χ2v) is 7.20. The van der Waals surface area contributed by atoms with Gasteiger partial charge in [0, 0.05) is 43.6 Å². The van der Waals surface area contributed by atoms with E-state index in [9.17, 15) is 14.4 Å². The Hall–Kier alpha value is -1.89. The zero-order chi connectivity index (χ0) is 18.0. The summed E-state index contributed by atoms with van der Waals surface area (Å²) in [6.07, 6.45) is 1.02. The summed E-state index contributed by atoms with van der Waals surface area (Å²) >= 11 is 3.47. The summed E-state index contributed by atoms with van der Waals surface area (Å²) in [6.45, 7) is 4.49. The van der Waals surface area contributed by atoms with E-state index in [-0.39, 0.29) is 17.7 Å². The predicted molar refractivity (Wildman–Crippen MR) is 98.1 cm³/mol. The Morgan fingerprint density at radius 3 is 2.36 bits per heavy atom. The lowest BCUT2D eigenvalue weighted by Crippen LogP contribution is -2.52. The monoisotopic (exact) mass is 407 g/mol. The molecule has 2 fully saturated rings. The lowest BCUT2D eigenvalue weighted by atomic mass is 10.1. The second-order valence-electron chi connectivity index (χ2n) is 6.34. The van der Waals surface area contributed by atoms with Gasteiger partial charge in [-0.2, -0.15) is 0 Å². The van der Waals surface area contributed by atoms with Gasteiger partial charge in [-0.15, -0.1) is 0 Å². The SMILES string of the molecule is CCC(=O)N1CCN(C(=O)C2CCN(c3ccccc3Br)C2=O)CC1. The molecule has 2 saturated heterocycles. The first-order valence-electron chi connectivity index (χ1n) is 8.65.